The maximum atomic E-state index is 5.67. The number of pyridine rings is 1. The van der Waals surface area contributed by atoms with Crippen molar-refractivity contribution in [2.24, 2.45) is 5.92 Å². The maximum absolute atomic E-state index is 5.67. The molecule has 4 heteroatoms. The Morgan fingerprint density at radius 2 is 2.25 bits per heavy atom. The van der Waals surface area contributed by atoms with Crippen molar-refractivity contribution in [2.75, 3.05) is 38.3 Å². The van der Waals surface area contributed by atoms with E-state index >= 15 is 0 Å². The molecule has 2 rings (SSSR count). The lowest BCUT2D eigenvalue weighted by Crippen LogP contribution is -2.23. The van der Waals surface area contributed by atoms with E-state index in [1.165, 1.54) is 12.8 Å². The Bertz CT molecular complexity index is 389. The minimum Gasteiger partial charge on any atom is -0.379 e. The number of likely N-dealkylation sites (N-methyl/N-ethyl adjacent to an activating group) is 1. The summed E-state index contributed by atoms with van der Waals surface area (Å²) in [4.78, 5) is 6.74. The van der Waals surface area contributed by atoms with Crippen molar-refractivity contribution in [2.45, 2.75) is 32.7 Å². The first-order valence-corrected chi connectivity index (χ1v) is 7.69. The molecule has 1 saturated carbocycles. The topological polar surface area (TPSA) is 37.4 Å². The summed E-state index contributed by atoms with van der Waals surface area (Å²) in [5, 5.41) is 3.37. The Morgan fingerprint density at radius 1 is 1.45 bits per heavy atom. The van der Waals surface area contributed by atoms with E-state index in [-0.39, 0.29) is 0 Å². The van der Waals surface area contributed by atoms with Gasteiger partial charge in [-0.25, -0.2) is 0 Å². The Balaban J connectivity index is 1.75. The number of hydrogen-bond acceptors (Lipinski definition) is 4. The molecule has 0 aliphatic heterocycles. The van der Waals surface area contributed by atoms with E-state index < -0.39 is 0 Å². The summed E-state index contributed by atoms with van der Waals surface area (Å²) in [6.45, 7) is 7.86. The van der Waals surface area contributed by atoms with Crippen LogP contribution in [0.1, 0.15) is 38.4 Å². The van der Waals surface area contributed by atoms with Crippen LogP contribution in [-0.4, -0.2) is 38.3 Å². The van der Waals surface area contributed by atoms with Crippen LogP contribution in [0.3, 0.4) is 0 Å². The van der Waals surface area contributed by atoms with Gasteiger partial charge in [0.2, 0.25) is 0 Å². The second kappa shape index (κ2) is 7.60. The van der Waals surface area contributed by atoms with Crippen LogP contribution < -0.4 is 10.2 Å². The molecule has 112 valence electrons. The number of aromatic nitrogens is 1. The molecule has 1 aromatic heterocycles. The van der Waals surface area contributed by atoms with Crippen LogP contribution in [0.2, 0.25) is 0 Å². The van der Waals surface area contributed by atoms with Crippen LogP contribution in [-0.2, 0) is 4.74 Å². The molecule has 1 aliphatic rings. The number of nitrogens with zero attached hydrogens (tertiary/aromatic N) is 2. The highest BCUT2D eigenvalue weighted by atomic mass is 16.5. The third kappa shape index (κ3) is 4.76. The van der Waals surface area contributed by atoms with Gasteiger partial charge in [-0.1, -0.05) is 6.92 Å². The Hall–Kier alpha value is -1.13. The maximum Gasteiger partial charge on any atom is 0.0641 e. The van der Waals surface area contributed by atoms with Crippen molar-refractivity contribution in [3.63, 3.8) is 0 Å². The van der Waals surface area contributed by atoms with Crippen LogP contribution in [0.15, 0.2) is 18.3 Å². The summed E-state index contributed by atoms with van der Waals surface area (Å²) in [5.74, 6) is 0.841. The lowest BCUT2D eigenvalue weighted by Gasteiger charge is -2.20. The van der Waals surface area contributed by atoms with Crippen LogP contribution in [0.5, 0.6) is 0 Å². The van der Waals surface area contributed by atoms with Gasteiger partial charge < -0.3 is 15.0 Å². The third-order valence-electron chi connectivity index (χ3n) is 3.79. The summed E-state index contributed by atoms with van der Waals surface area (Å²) in [6, 6.07) is 4.54. The highest BCUT2D eigenvalue weighted by Crippen LogP contribution is 2.28. The fraction of sp³-hybridized carbons (Fsp3) is 0.688. The zero-order chi connectivity index (χ0) is 14.4. The van der Waals surface area contributed by atoms with Crippen molar-refractivity contribution >= 4 is 5.69 Å². The van der Waals surface area contributed by atoms with Gasteiger partial charge in [-0.3, -0.25) is 4.98 Å². The van der Waals surface area contributed by atoms with Gasteiger partial charge in [0.05, 0.1) is 24.2 Å². The van der Waals surface area contributed by atoms with Crippen LogP contribution in [0.25, 0.3) is 0 Å². The minimum absolute atomic E-state index is 0.307. The number of anilines is 1. The fourth-order valence-corrected chi connectivity index (χ4v) is 2.16. The van der Waals surface area contributed by atoms with E-state index in [1.807, 2.05) is 6.20 Å². The van der Waals surface area contributed by atoms with E-state index in [9.17, 15) is 0 Å². The van der Waals surface area contributed by atoms with E-state index in [4.69, 9.17) is 4.74 Å². The normalized spacial score (nSPS) is 16.1. The molecule has 20 heavy (non-hydrogen) atoms. The second-order valence-electron chi connectivity index (χ2n) is 5.66. The first kappa shape index (κ1) is 15.3. The van der Waals surface area contributed by atoms with Crippen molar-refractivity contribution in [1.82, 2.24) is 10.3 Å². The standard InChI is InChI=1S/C16H27N3O/c1-4-17-13(2)16-8-7-15(11-18-16)19(3)9-10-20-12-14-5-6-14/h7-8,11,13-14,17H,4-6,9-10,12H2,1-3H3. The first-order chi connectivity index (χ1) is 9.70. The zero-order valence-electron chi connectivity index (χ0n) is 12.9. The summed E-state index contributed by atoms with van der Waals surface area (Å²) in [6.07, 6.45) is 4.65. The lowest BCUT2D eigenvalue weighted by atomic mass is 10.2. The lowest BCUT2D eigenvalue weighted by molar-refractivity contribution is 0.131. The Morgan fingerprint density at radius 3 is 2.85 bits per heavy atom. The molecule has 0 amide bonds. The van der Waals surface area contributed by atoms with Crippen molar-refractivity contribution < 1.29 is 4.74 Å². The van der Waals surface area contributed by atoms with Gasteiger partial charge in [-0.15, -0.1) is 0 Å². The molecule has 0 aromatic carbocycles. The molecule has 1 aromatic rings. The number of rotatable bonds is 9. The molecule has 1 fully saturated rings. The number of nitrogens with one attached hydrogen (secondary N) is 1. The molecule has 4 nitrogen and oxygen atoms in total. The highest BCUT2D eigenvalue weighted by Gasteiger charge is 2.20. The van der Waals surface area contributed by atoms with Crippen molar-refractivity contribution in [3.05, 3.63) is 24.0 Å². The summed E-state index contributed by atoms with van der Waals surface area (Å²) >= 11 is 0. The quantitative estimate of drug-likeness (QED) is 0.704. The molecular formula is C16H27N3O. The van der Waals surface area contributed by atoms with E-state index in [2.05, 4.69) is 48.2 Å². The Labute approximate surface area is 122 Å². The average molecular weight is 277 g/mol. The van der Waals surface area contributed by atoms with E-state index in [1.54, 1.807) is 0 Å². The highest BCUT2D eigenvalue weighted by molar-refractivity contribution is 5.43. The molecule has 1 heterocycles. The summed E-state index contributed by atoms with van der Waals surface area (Å²) in [5.41, 5.74) is 2.24. The van der Waals surface area contributed by atoms with Gasteiger partial charge in [0.1, 0.15) is 0 Å². The molecule has 0 bridgehead atoms. The largest absolute Gasteiger partial charge is 0.379 e. The predicted octanol–water partition coefficient (Wildman–Crippen LogP) is 2.61. The molecule has 1 unspecified atom stereocenters. The molecule has 0 spiro atoms. The van der Waals surface area contributed by atoms with Crippen LogP contribution >= 0.6 is 0 Å². The van der Waals surface area contributed by atoms with Crippen molar-refractivity contribution in [3.8, 4) is 0 Å². The molecule has 1 N–H and O–H groups in total. The van der Waals surface area contributed by atoms with Gasteiger partial charge in [0, 0.05) is 26.2 Å². The van der Waals surface area contributed by atoms with Gasteiger partial charge in [0.25, 0.3) is 0 Å². The molecule has 1 atom stereocenters. The van der Waals surface area contributed by atoms with E-state index in [0.29, 0.717) is 6.04 Å². The zero-order valence-corrected chi connectivity index (χ0v) is 12.9. The smallest absolute Gasteiger partial charge is 0.0641 e. The van der Waals surface area contributed by atoms with Crippen LogP contribution in [0, 0.1) is 5.92 Å². The summed E-state index contributed by atoms with van der Waals surface area (Å²) in [7, 11) is 2.09. The van der Waals surface area contributed by atoms with E-state index in [0.717, 1.165) is 43.6 Å². The van der Waals surface area contributed by atoms with Gasteiger partial charge >= 0.3 is 0 Å². The summed E-state index contributed by atoms with van der Waals surface area (Å²) < 4.78 is 5.67. The third-order valence-corrected chi connectivity index (χ3v) is 3.79. The average Bonchev–Trinajstić information content (AvgIpc) is 3.28. The van der Waals surface area contributed by atoms with Gasteiger partial charge in [-0.2, -0.15) is 0 Å². The van der Waals surface area contributed by atoms with Gasteiger partial charge in [0.15, 0.2) is 0 Å². The Kier molecular flexibility index (Phi) is 5.80. The van der Waals surface area contributed by atoms with Crippen LogP contribution in [0.4, 0.5) is 5.69 Å². The first-order valence-electron chi connectivity index (χ1n) is 7.69. The number of hydrogen-bond donors (Lipinski definition) is 1. The molecule has 0 radical (unpaired) electrons. The molecular weight excluding hydrogens is 250 g/mol. The second-order valence-corrected chi connectivity index (χ2v) is 5.66. The van der Waals surface area contributed by atoms with Gasteiger partial charge in [-0.05, 0) is 44.4 Å². The minimum atomic E-state index is 0.307. The molecule has 1 aliphatic carbocycles. The monoisotopic (exact) mass is 277 g/mol. The van der Waals surface area contributed by atoms with Crippen molar-refractivity contribution in [1.29, 1.82) is 0 Å². The predicted molar refractivity (Wildman–Crippen MR) is 83.1 cm³/mol. The fourth-order valence-electron chi connectivity index (χ4n) is 2.16. The number of ether oxygens (including phenoxy) is 1. The molecule has 0 saturated heterocycles. The SMILES string of the molecule is CCNC(C)c1ccc(N(C)CCOCC2CC2)cn1.